The summed E-state index contributed by atoms with van der Waals surface area (Å²) in [5.74, 6) is -0.0691. The molecular weight excluding hydrogens is 384 g/mol. The molecule has 0 spiro atoms. The van der Waals surface area contributed by atoms with Gasteiger partial charge in [-0.25, -0.2) is 8.42 Å². The number of carbonyl (C=O) groups excluding carboxylic acids is 1. The predicted octanol–water partition coefficient (Wildman–Crippen LogP) is 3.99. The molecule has 0 aliphatic carbocycles. The van der Waals surface area contributed by atoms with Crippen LogP contribution in [-0.4, -0.2) is 32.7 Å². The van der Waals surface area contributed by atoms with Gasteiger partial charge in [0.15, 0.2) is 0 Å². The van der Waals surface area contributed by atoms with Crippen molar-refractivity contribution >= 4 is 21.6 Å². The number of benzene rings is 2. The molecule has 2 aromatic rings. The summed E-state index contributed by atoms with van der Waals surface area (Å²) in [4.78, 5) is 12.5. The molecule has 0 aliphatic rings. The molecule has 0 unspecified atom stereocenters. The van der Waals surface area contributed by atoms with Gasteiger partial charge in [0, 0.05) is 18.5 Å². The van der Waals surface area contributed by atoms with Crippen molar-refractivity contribution in [2.75, 3.05) is 17.1 Å². The fraction of sp³-hybridized carbons (Fsp3) is 0.435. The van der Waals surface area contributed by atoms with Crippen LogP contribution in [0.2, 0.25) is 0 Å². The molecule has 0 atom stereocenters. The maximum absolute atomic E-state index is 12.5. The van der Waals surface area contributed by atoms with Crippen molar-refractivity contribution in [3.05, 3.63) is 65.2 Å². The van der Waals surface area contributed by atoms with Crippen LogP contribution in [-0.2, 0) is 21.2 Å². The number of nitrogens with one attached hydrogen (secondary N) is 1. The summed E-state index contributed by atoms with van der Waals surface area (Å²) in [6.45, 7) is 8.10. The van der Waals surface area contributed by atoms with Crippen LogP contribution in [0.25, 0.3) is 0 Å². The standard InChI is InChI=1S/C23H32N2O3S/c1-18-13-14-19(2)21(16-18)25(29(5,27)28)15-9-12-22(26)24-23(3,4)17-20-10-7-6-8-11-20/h6-8,10-11,13-14,16H,9,12,15,17H2,1-5H3,(H,24,26). The molecule has 0 aliphatic heterocycles. The summed E-state index contributed by atoms with van der Waals surface area (Å²) in [7, 11) is -3.43. The number of sulfonamides is 1. The fourth-order valence-corrected chi connectivity index (χ4v) is 4.44. The first-order chi connectivity index (χ1) is 13.5. The molecular formula is C23H32N2O3S. The van der Waals surface area contributed by atoms with Crippen LogP contribution in [0.5, 0.6) is 0 Å². The third-order valence-corrected chi connectivity index (χ3v) is 5.95. The first-order valence-electron chi connectivity index (χ1n) is 9.88. The van der Waals surface area contributed by atoms with E-state index in [2.05, 4.69) is 5.32 Å². The molecule has 29 heavy (non-hydrogen) atoms. The Morgan fingerprint density at radius 1 is 1.07 bits per heavy atom. The van der Waals surface area contributed by atoms with Crippen LogP contribution >= 0.6 is 0 Å². The second kappa shape index (κ2) is 9.44. The van der Waals surface area contributed by atoms with Crippen LogP contribution < -0.4 is 9.62 Å². The topological polar surface area (TPSA) is 66.5 Å². The van der Waals surface area contributed by atoms with Crippen molar-refractivity contribution in [1.82, 2.24) is 5.32 Å². The molecule has 2 rings (SSSR count). The molecule has 0 radical (unpaired) electrons. The van der Waals surface area contributed by atoms with Crippen molar-refractivity contribution in [2.24, 2.45) is 0 Å². The molecule has 0 fully saturated rings. The van der Waals surface area contributed by atoms with E-state index in [9.17, 15) is 13.2 Å². The van der Waals surface area contributed by atoms with Gasteiger partial charge >= 0.3 is 0 Å². The molecule has 0 saturated carbocycles. The van der Waals surface area contributed by atoms with Crippen molar-refractivity contribution < 1.29 is 13.2 Å². The van der Waals surface area contributed by atoms with E-state index >= 15 is 0 Å². The minimum atomic E-state index is -3.43. The highest BCUT2D eigenvalue weighted by atomic mass is 32.2. The van der Waals surface area contributed by atoms with Gasteiger partial charge in [-0.15, -0.1) is 0 Å². The number of anilines is 1. The summed E-state index contributed by atoms with van der Waals surface area (Å²) in [6.07, 6.45) is 2.66. The lowest BCUT2D eigenvalue weighted by Gasteiger charge is -2.27. The molecule has 5 nitrogen and oxygen atoms in total. The third-order valence-electron chi connectivity index (χ3n) is 4.77. The Morgan fingerprint density at radius 3 is 2.34 bits per heavy atom. The van der Waals surface area contributed by atoms with Crippen molar-refractivity contribution in [2.45, 2.75) is 52.5 Å². The molecule has 0 heterocycles. The first-order valence-corrected chi connectivity index (χ1v) is 11.7. The largest absolute Gasteiger partial charge is 0.351 e. The van der Waals surface area contributed by atoms with Crippen molar-refractivity contribution in [1.29, 1.82) is 0 Å². The monoisotopic (exact) mass is 416 g/mol. The molecule has 0 bridgehead atoms. The smallest absolute Gasteiger partial charge is 0.232 e. The van der Waals surface area contributed by atoms with E-state index in [1.165, 1.54) is 10.6 Å². The zero-order valence-corrected chi connectivity index (χ0v) is 18.8. The van der Waals surface area contributed by atoms with E-state index in [0.717, 1.165) is 23.1 Å². The van der Waals surface area contributed by atoms with Crippen LogP contribution in [0.1, 0.15) is 43.4 Å². The first kappa shape index (κ1) is 22.9. The third kappa shape index (κ3) is 7.20. The van der Waals surface area contributed by atoms with E-state index in [1.54, 1.807) is 0 Å². The van der Waals surface area contributed by atoms with Crippen LogP contribution in [0, 0.1) is 13.8 Å². The predicted molar refractivity (Wildman–Crippen MR) is 120 cm³/mol. The molecule has 6 heteroatoms. The van der Waals surface area contributed by atoms with Crippen molar-refractivity contribution in [3.63, 3.8) is 0 Å². The van der Waals surface area contributed by atoms with E-state index in [0.29, 0.717) is 12.1 Å². The number of nitrogens with zero attached hydrogens (tertiary/aromatic N) is 1. The Morgan fingerprint density at radius 2 is 1.72 bits per heavy atom. The van der Waals surface area contributed by atoms with Gasteiger partial charge in [-0.05, 0) is 63.3 Å². The lowest BCUT2D eigenvalue weighted by atomic mass is 9.94. The lowest BCUT2D eigenvalue weighted by molar-refractivity contribution is -0.122. The summed E-state index contributed by atoms with van der Waals surface area (Å²) in [5.41, 5.74) is 3.37. The maximum Gasteiger partial charge on any atom is 0.232 e. The normalized spacial score (nSPS) is 11.9. The Balaban J connectivity index is 1.97. The second-order valence-electron chi connectivity index (χ2n) is 8.32. The summed E-state index contributed by atoms with van der Waals surface area (Å²) < 4.78 is 26.1. The molecule has 1 N–H and O–H groups in total. The van der Waals surface area contributed by atoms with Gasteiger partial charge in [-0.2, -0.15) is 0 Å². The van der Waals surface area contributed by atoms with E-state index in [1.807, 2.05) is 76.2 Å². The van der Waals surface area contributed by atoms with Crippen LogP contribution in [0.15, 0.2) is 48.5 Å². The van der Waals surface area contributed by atoms with Gasteiger partial charge in [0.25, 0.3) is 0 Å². The summed E-state index contributed by atoms with van der Waals surface area (Å²) >= 11 is 0. The highest BCUT2D eigenvalue weighted by molar-refractivity contribution is 7.92. The maximum atomic E-state index is 12.5. The minimum Gasteiger partial charge on any atom is -0.351 e. The van der Waals surface area contributed by atoms with Crippen molar-refractivity contribution in [3.8, 4) is 0 Å². The Bertz CT molecular complexity index is 938. The molecule has 0 saturated heterocycles. The fourth-order valence-electron chi connectivity index (χ4n) is 3.43. The van der Waals surface area contributed by atoms with Gasteiger partial charge < -0.3 is 5.32 Å². The SMILES string of the molecule is Cc1ccc(C)c(N(CCCC(=O)NC(C)(C)Cc2ccccc2)S(C)(=O)=O)c1. The van der Waals surface area contributed by atoms with Crippen LogP contribution in [0.4, 0.5) is 5.69 Å². The average Bonchev–Trinajstić information content (AvgIpc) is 2.60. The Hall–Kier alpha value is -2.34. The lowest BCUT2D eigenvalue weighted by Crippen LogP contribution is -2.45. The molecule has 0 aromatic heterocycles. The zero-order valence-electron chi connectivity index (χ0n) is 18.0. The quantitative estimate of drug-likeness (QED) is 0.672. The van der Waals surface area contributed by atoms with Gasteiger partial charge in [0.2, 0.25) is 15.9 Å². The van der Waals surface area contributed by atoms with Gasteiger partial charge in [-0.3, -0.25) is 9.10 Å². The number of carbonyl (C=O) groups is 1. The Labute approximate surface area is 175 Å². The number of rotatable bonds is 9. The number of hydrogen-bond acceptors (Lipinski definition) is 3. The number of amides is 1. The zero-order chi connectivity index (χ0) is 21.7. The van der Waals surface area contributed by atoms with E-state index < -0.39 is 10.0 Å². The van der Waals surface area contributed by atoms with Gasteiger partial charge in [0.05, 0.1) is 11.9 Å². The second-order valence-corrected chi connectivity index (χ2v) is 10.2. The molecule has 2 aromatic carbocycles. The Kier molecular flexibility index (Phi) is 7.47. The van der Waals surface area contributed by atoms with E-state index in [-0.39, 0.29) is 24.4 Å². The highest BCUT2D eigenvalue weighted by Crippen LogP contribution is 2.24. The molecule has 1 amide bonds. The van der Waals surface area contributed by atoms with Gasteiger partial charge in [-0.1, -0.05) is 42.5 Å². The van der Waals surface area contributed by atoms with E-state index in [4.69, 9.17) is 0 Å². The van der Waals surface area contributed by atoms with Gasteiger partial charge in [0.1, 0.15) is 0 Å². The highest BCUT2D eigenvalue weighted by Gasteiger charge is 2.22. The average molecular weight is 417 g/mol. The summed E-state index contributed by atoms with van der Waals surface area (Å²) in [5, 5.41) is 3.07. The number of hydrogen-bond donors (Lipinski definition) is 1. The van der Waals surface area contributed by atoms with Crippen LogP contribution in [0.3, 0.4) is 0 Å². The summed E-state index contributed by atoms with van der Waals surface area (Å²) in [6, 6.07) is 15.8. The molecule has 158 valence electrons. The minimum absolute atomic E-state index is 0.0691. The number of aryl methyl sites for hydroxylation is 2.